The Labute approximate surface area is 160 Å². The van der Waals surface area contributed by atoms with Crippen molar-refractivity contribution < 1.29 is 19.8 Å². The van der Waals surface area contributed by atoms with Gasteiger partial charge in [-0.1, -0.05) is 18.2 Å². The Kier molecular flexibility index (Phi) is 6.22. The summed E-state index contributed by atoms with van der Waals surface area (Å²) in [4.78, 5) is 23.6. The largest absolute Gasteiger partial charge is 0.506 e. The van der Waals surface area contributed by atoms with Crippen LogP contribution in [0.1, 0.15) is 15.9 Å². The maximum Gasteiger partial charge on any atom is 0.326 e. The number of phenolic OH excluding ortho intramolecular Hbond substituents is 1. The third-order valence-corrected chi connectivity index (χ3v) is 4.80. The fraction of sp³-hybridized carbons (Fsp3) is 0.125. The maximum atomic E-state index is 12.1. The molecule has 0 aliphatic heterocycles. The van der Waals surface area contributed by atoms with E-state index in [0.717, 1.165) is 5.56 Å². The Morgan fingerprint density at radius 1 is 1.09 bits per heavy atom. The smallest absolute Gasteiger partial charge is 0.326 e. The van der Waals surface area contributed by atoms with E-state index in [2.05, 4.69) is 5.32 Å². The van der Waals surface area contributed by atoms with Gasteiger partial charge in [0.15, 0.2) is 0 Å². The third kappa shape index (κ3) is 4.80. The van der Waals surface area contributed by atoms with Crippen molar-refractivity contribution in [1.29, 1.82) is 0 Å². The molecule has 2 rings (SSSR count). The van der Waals surface area contributed by atoms with Gasteiger partial charge in [0, 0.05) is 12.0 Å². The number of aromatic hydroxyl groups is 1. The monoisotopic (exact) mass is 537 g/mol. The molecular formula is C16H13I2NO4. The summed E-state index contributed by atoms with van der Waals surface area (Å²) >= 11 is 3.97. The number of aliphatic carboxylic acids is 1. The van der Waals surface area contributed by atoms with Gasteiger partial charge in [-0.25, -0.2) is 4.79 Å². The fourth-order valence-electron chi connectivity index (χ4n) is 2.00. The van der Waals surface area contributed by atoms with Crippen LogP contribution in [-0.4, -0.2) is 28.1 Å². The lowest BCUT2D eigenvalue weighted by Crippen LogP contribution is -2.42. The summed E-state index contributed by atoms with van der Waals surface area (Å²) < 4.78 is 1.28. The number of carbonyl (C=O) groups excluding carboxylic acids is 1. The number of carboxylic acids is 1. The van der Waals surface area contributed by atoms with E-state index in [1.54, 1.807) is 42.5 Å². The molecule has 0 radical (unpaired) electrons. The Balaban J connectivity index is 2.17. The lowest BCUT2D eigenvalue weighted by atomic mass is 10.1. The van der Waals surface area contributed by atoms with Gasteiger partial charge in [-0.15, -0.1) is 0 Å². The van der Waals surface area contributed by atoms with E-state index in [1.165, 1.54) is 0 Å². The number of hydrogen-bond acceptors (Lipinski definition) is 3. The average molecular weight is 537 g/mol. The molecule has 23 heavy (non-hydrogen) atoms. The highest BCUT2D eigenvalue weighted by molar-refractivity contribution is 14.1. The molecule has 5 nitrogen and oxygen atoms in total. The van der Waals surface area contributed by atoms with E-state index in [-0.39, 0.29) is 12.2 Å². The van der Waals surface area contributed by atoms with Crippen LogP contribution in [0.5, 0.6) is 5.75 Å². The van der Waals surface area contributed by atoms with Crippen molar-refractivity contribution >= 4 is 57.1 Å². The Morgan fingerprint density at radius 3 is 2.17 bits per heavy atom. The van der Waals surface area contributed by atoms with E-state index in [9.17, 15) is 19.8 Å². The molecule has 0 bridgehead atoms. The van der Waals surface area contributed by atoms with Crippen molar-refractivity contribution in [2.75, 3.05) is 0 Å². The zero-order chi connectivity index (χ0) is 17.0. The lowest BCUT2D eigenvalue weighted by Gasteiger charge is -2.15. The van der Waals surface area contributed by atoms with Crippen LogP contribution in [0.3, 0.4) is 0 Å². The molecule has 120 valence electrons. The van der Waals surface area contributed by atoms with E-state index < -0.39 is 17.9 Å². The second-order valence-electron chi connectivity index (χ2n) is 4.84. The van der Waals surface area contributed by atoms with Gasteiger partial charge in [-0.2, -0.15) is 0 Å². The van der Waals surface area contributed by atoms with Crippen LogP contribution < -0.4 is 5.32 Å². The Morgan fingerprint density at radius 2 is 1.65 bits per heavy atom. The third-order valence-electron chi connectivity index (χ3n) is 3.16. The summed E-state index contributed by atoms with van der Waals surface area (Å²) in [6, 6.07) is 10.8. The molecule has 0 heterocycles. The number of hydrogen-bond donors (Lipinski definition) is 3. The highest BCUT2D eigenvalue weighted by Crippen LogP contribution is 2.27. The van der Waals surface area contributed by atoms with Crippen molar-refractivity contribution in [3.8, 4) is 5.75 Å². The van der Waals surface area contributed by atoms with E-state index >= 15 is 0 Å². The number of halogens is 2. The van der Waals surface area contributed by atoms with E-state index in [1.807, 2.05) is 45.2 Å². The van der Waals surface area contributed by atoms with Crippen LogP contribution in [0.2, 0.25) is 0 Å². The topological polar surface area (TPSA) is 86.6 Å². The molecule has 2 aromatic carbocycles. The van der Waals surface area contributed by atoms with Crippen LogP contribution in [0.15, 0.2) is 42.5 Å². The van der Waals surface area contributed by atoms with Gasteiger partial charge >= 0.3 is 5.97 Å². The second-order valence-corrected chi connectivity index (χ2v) is 7.17. The first kappa shape index (κ1) is 18.0. The van der Waals surface area contributed by atoms with Crippen LogP contribution in [0, 0.1) is 7.14 Å². The molecule has 1 unspecified atom stereocenters. The predicted molar refractivity (Wildman–Crippen MR) is 103 cm³/mol. The molecule has 0 fully saturated rings. The normalized spacial score (nSPS) is 11.7. The summed E-state index contributed by atoms with van der Waals surface area (Å²) in [6.45, 7) is 0. The summed E-state index contributed by atoms with van der Waals surface area (Å²) in [7, 11) is 0. The standard InChI is InChI=1S/C16H13I2NO4/c17-11-6-9(7-12(18)14(11)20)8-13(16(22)23)19-15(21)10-4-2-1-3-5-10/h1-7,13,20H,8H2,(H,19,21)(H,22,23). The highest BCUT2D eigenvalue weighted by atomic mass is 127. The first-order chi connectivity index (χ1) is 10.9. The van der Waals surface area contributed by atoms with Gasteiger partial charge in [-0.3, -0.25) is 4.79 Å². The van der Waals surface area contributed by atoms with Crippen molar-refractivity contribution in [2.24, 2.45) is 0 Å². The Bertz CT molecular complexity index is 711. The Hall–Kier alpha value is -1.36. The predicted octanol–water partition coefficient (Wildman–Crippen LogP) is 3.03. The SMILES string of the molecule is O=C(NC(Cc1cc(I)c(O)c(I)c1)C(=O)O)c1ccccc1. The number of carbonyl (C=O) groups is 2. The molecule has 1 atom stereocenters. The zero-order valence-electron chi connectivity index (χ0n) is 11.8. The quantitative estimate of drug-likeness (QED) is 0.513. The maximum absolute atomic E-state index is 12.1. The number of carboxylic acid groups (broad SMARTS) is 1. The van der Waals surface area contributed by atoms with Crippen LogP contribution >= 0.6 is 45.2 Å². The molecule has 0 aliphatic carbocycles. The van der Waals surface area contributed by atoms with Gasteiger partial charge in [0.25, 0.3) is 5.91 Å². The average Bonchev–Trinajstić information content (AvgIpc) is 2.52. The molecule has 0 aliphatic rings. The van der Waals surface area contributed by atoms with Crippen molar-refractivity contribution in [1.82, 2.24) is 5.32 Å². The number of benzene rings is 2. The summed E-state index contributed by atoms with van der Waals surface area (Å²) in [5.41, 5.74) is 1.14. The van der Waals surface area contributed by atoms with Crippen LogP contribution in [0.25, 0.3) is 0 Å². The summed E-state index contributed by atoms with van der Waals surface area (Å²) in [6.07, 6.45) is 0.139. The molecule has 0 spiro atoms. The van der Waals surface area contributed by atoms with Gasteiger partial charge in [0.2, 0.25) is 0 Å². The van der Waals surface area contributed by atoms with Crippen molar-refractivity contribution in [3.05, 3.63) is 60.7 Å². The summed E-state index contributed by atoms with van der Waals surface area (Å²) in [5.74, 6) is -1.36. The second kappa shape index (κ2) is 7.95. The van der Waals surface area contributed by atoms with Crippen LogP contribution in [-0.2, 0) is 11.2 Å². The number of phenols is 1. The van der Waals surface area contributed by atoms with E-state index in [0.29, 0.717) is 12.7 Å². The number of rotatable bonds is 5. The van der Waals surface area contributed by atoms with Gasteiger partial charge in [0.1, 0.15) is 11.8 Å². The molecule has 7 heteroatoms. The zero-order valence-corrected chi connectivity index (χ0v) is 16.1. The van der Waals surface area contributed by atoms with Gasteiger partial charge in [-0.05, 0) is 75.0 Å². The number of amides is 1. The summed E-state index contributed by atoms with van der Waals surface area (Å²) in [5, 5.41) is 21.7. The minimum atomic E-state index is -1.10. The minimum Gasteiger partial charge on any atom is -0.506 e. The van der Waals surface area contributed by atoms with Crippen molar-refractivity contribution in [3.63, 3.8) is 0 Å². The molecule has 3 N–H and O–H groups in total. The molecule has 0 saturated carbocycles. The first-order valence-electron chi connectivity index (χ1n) is 6.64. The van der Waals surface area contributed by atoms with Crippen molar-refractivity contribution in [2.45, 2.75) is 12.5 Å². The van der Waals surface area contributed by atoms with E-state index in [4.69, 9.17) is 0 Å². The first-order valence-corrected chi connectivity index (χ1v) is 8.80. The van der Waals surface area contributed by atoms with Gasteiger partial charge < -0.3 is 15.5 Å². The lowest BCUT2D eigenvalue weighted by molar-refractivity contribution is -0.139. The number of nitrogens with one attached hydrogen (secondary N) is 1. The molecular weight excluding hydrogens is 524 g/mol. The van der Waals surface area contributed by atoms with Crippen LogP contribution in [0.4, 0.5) is 0 Å². The molecule has 2 aromatic rings. The fourth-order valence-corrected chi connectivity index (χ4v) is 3.90. The molecule has 1 amide bonds. The molecule has 0 aromatic heterocycles. The highest BCUT2D eigenvalue weighted by Gasteiger charge is 2.22. The minimum absolute atomic E-state index is 0.139. The van der Waals surface area contributed by atoms with Gasteiger partial charge in [0.05, 0.1) is 7.14 Å². The molecule has 0 saturated heterocycles.